The first-order valence-corrected chi connectivity index (χ1v) is 9.83. The van der Waals surface area contributed by atoms with E-state index in [1.807, 2.05) is 32.0 Å². The van der Waals surface area contributed by atoms with E-state index >= 15 is 0 Å². The number of carbonyl (C=O) groups is 1. The largest absolute Gasteiger partial charge is 0.493 e. The fourth-order valence-electron chi connectivity index (χ4n) is 3.01. The monoisotopic (exact) mass is 414 g/mol. The van der Waals surface area contributed by atoms with Crippen molar-refractivity contribution in [2.24, 2.45) is 0 Å². The summed E-state index contributed by atoms with van der Waals surface area (Å²) in [6.07, 6.45) is 0.0408. The number of rotatable bonds is 8. The summed E-state index contributed by atoms with van der Waals surface area (Å²) in [5, 5.41) is 24.8. The first kappa shape index (κ1) is 20.9. The highest BCUT2D eigenvalue weighted by Crippen LogP contribution is 2.34. The van der Waals surface area contributed by atoms with Crippen LogP contribution in [0.25, 0.3) is 22.5 Å². The zero-order valence-corrected chi connectivity index (χ0v) is 17.1. The number of hydrogen-bond donors (Lipinski definition) is 2. The standard InChI is InChI=1S/C22H23ClN2O4/c1-3-17(26)13-25-20(14-5-8-16(23)9-6-14)12-19(24-25)18-11-15(22(27)28)7-10-21(18)29-4-2/h5-12,17,26H,3-4,13H2,1-2H3,(H,27,28). The molecule has 1 unspecified atom stereocenters. The molecular weight excluding hydrogens is 392 g/mol. The van der Waals surface area contributed by atoms with Gasteiger partial charge in [-0.15, -0.1) is 0 Å². The second-order valence-electron chi connectivity index (χ2n) is 6.61. The summed E-state index contributed by atoms with van der Waals surface area (Å²) < 4.78 is 7.42. The van der Waals surface area contributed by atoms with Gasteiger partial charge in [-0.25, -0.2) is 4.79 Å². The molecule has 3 aromatic rings. The van der Waals surface area contributed by atoms with E-state index in [4.69, 9.17) is 16.3 Å². The van der Waals surface area contributed by atoms with Crippen LogP contribution in [0, 0.1) is 0 Å². The Bertz CT molecular complexity index is 999. The minimum absolute atomic E-state index is 0.152. The molecule has 3 rings (SSSR count). The van der Waals surface area contributed by atoms with Crippen molar-refractivity contribution in [3.8, 4) is 28.3 Å². The Hall–Kier alpha value is -2.83. The van der Waals surface area contributed by atoms with Gasteiger partial charge in [0.05, 0.1) is 36.2 Å². The highest BCUT2D eigenvalue weighted by molar-refractivity contribution is 6.30. The van der Waals surface area contributed by atoms with Gasteiger partial charge in [0.2, 0.25) is 0 Å². The third kappa shape index (κ3) is 4.78. The van der Waals surface area contributed by atoms with Crippen molar-refractivity contribution in [2.75, 3.05) is 6.61 Å². The number of benzene rings is 2. The average Bonchev–Trinajstić information content (AvgIpc) is 3.12. The molecule has 0 amide bonds. The predicted molar refractivity (Wildman–Crippen MR) is 113 cm³/mol. The Balaban J connectivity index is 2.15. The van der Waals surface area contributed by atoms with E-state index in [9.17, 15) is 15.0 Å². The molecule has 7 heteroatoms. The van der Waals surface area contributed by atoms with Crippen molar-refractivity contribution in [1.29, 1.82) is 0 Å². The number of aromatic nitrogens is 2. The number of ether oxygens (including phenoxy) is 1. The van der Waals surface area contributed by atoms with E-state index in [-0.39, 0.29) is 5.56 Å². The summed E-state index contributed by atoms with van der Waals surface area (Å²) in [5.41, 5.74) is 3.01. The third-order valence-electron chi connectivity index (χ3n) is 4.58. The van der Waals surface area contributed by atoms with E-state index in [1.54, 1.807) is 28.9 Å². The molecular formula is C22H23ClN2O4. The van der Waals surface area contributed by atoms with Gasteiger partial charge in [-0.1, -0.05) is 30.7 Å². The van der Waals surface area contributed by atoms with Crippen LogP contribution in [0.1, 0.15) is 30.6 Å². The molecule has 2 N–H and O–H groups in total. The van der Waals surface area contributed by atoms with Gasteiger partial charge in [-0.3, -0.25) is 4.68 Å². The molecule has 0 radical (unpaired) electrons. The van der Waals surface area contributed by atoms with Crippen molar-refractivity contribution in [1.82, 2.24) is 9.78 Å². The lowest BCUT2D eigenvalue weighted by Gasteiger charge is -2.12. The number of nitrogens with zero attached hydrogens (tertiary/aromatic N) is 2. The first-order chi connectivity index (χ1) is 13.9. The van der Waals surface area contributed by atoms with Gasteiger partial charge in [0.1, 0.15) is 5.75 Å². The van der Waals surface area contributed by atoms with E-state index in [0.717, 1.165) is 11.3 Å². The lowest BCUT2D eigenvalue weighted by molar-refractivity contribution is 0.0697. The van der Waals surface area contributed by atoms with E-state index in [1.165, 1.54) is 6.07 Å². The topological polar surface area (TPSA) is 84.6 Å². The molecule has 152 valence electrons. The molecule has 2 aromatic carbocycles. The van der Waals surface area contributed by atoms with Gasteiger partial charge in [-0.05, 0) is 55.3 Å². The molecule has 0 fully saturated rings. The Kier molecular flexibility index (Phi) is 6.56. The van der Waals surface area contributed by atoms with Crippen LogP contribution in [-0.4, -0.2) is 38.7 Å². The number of carboxylic acid groups (broad SMARTS) is 1. The van der Waals surface area contributed by atoms with Gasteiger partial charge in [-0.2, -0.15) is 5.10 Å². The van der Waals surface area contributed by atoms with Crippen LogP contribution in [0.5, 0.6) is 5.75 Å². The number of aromatic carboxylic acids is 1. The zero-order valence-electron chi connectivity index (χ0n) is 16.3. The average molecular weight is 415 g/mol. The van der Waals surface area contributed by atoms with Gasteiger partial charge < -0.3 is 14.9 Å². The number of aliphatic hydroxyl groups excluding tert-OH is 1. The van der Waals surface area contributed by atoms with Crippen LogP contribution >= 0.6 is 11.6 Å². The summed E-state index contributed by atoms with van der Waals surface area (Å²) in [4.78, 5) is 11.5. The molecule has 29 heavy (non-hydrogen) atoms. The summed E-state index contributed by atoms with van der Waals surface area (Å²) in [6.45, 7) is 4.53. The number of hydrogen-bond acceptors (Lipinski definition) is 4. The Labute approximate surface area is 174 Å². The smallest absolute Gasteiger partial charge is 0.335 e. The lowest BCUT2D eigenvalue weighted by Crippen LogP contribution is -2.16. The van der Waals surface area contributed by atoms with E-state index in [0.29, 0.717) is 41.6 Å². The van der Waals surface area contributed by atoms with Crippen LogP contribution in [0.2, 0.25) is 5.02 Å². The summed E-state index contributed by atoms with van der Waals surface area (Å²) >= 11 is 6.01. The maximum absolute atomic E-state index is 11.5. The molecule has 0 saturated heterocycles. The molecule has 1 heterocycles. The summed E-state index contributed by atoms with van der Waals surface area (Å²) in [5.74, 6) is -0.464. The summed E-state index contributed by atoms with van der Waals surface area (Å²) in [6, 6.07) is 13.9. The van der Waals surface area contributed by atoms with Crippen LogP contribution in [0.15, 0.2) is 48.5 Å². The van der Waals surface area contributed by atoms with E-state index in [2.05, 4.69) is 5.10 Å². The molecule has 0 aliphatic carbocycles. The third-order valence-corrected chi connectivity index (χ3v) is 4.83. The fourth-order valence-corrected chi connectivity index (χ4v) is 3.14. The SMILES string of the molecule is CCOc1ccc(C(=O)O)cc1-c1cc(-c2ccc(Cl)cc2)n(CC(O)CC)n1. The van der Waals surface area contributed by atoms with Crippen LogP contribution in [-0.2, 0) is 6.54 Å². The molecule has 0 saturated carbocycles. The lowest BCUT2D eigenvalue weighted by atomic mass is 10.1. The predicted octanol–water partition coefficient (Wildman–Crippen LogP) is 4.74. The first-order valence-electron chi connectivity index (χ1n) is 9.45. The van der Waals surface area contributed by atoms with Crippen molar-refractivity contribution in [3.05, 3.63) is 59.1 Å². The number of halogens is 1. The molecule has 6 nitrogen and oxygen atoms in total. The molecule has 0 aliphatic heterocycles. The number of carboxylic acids is 1. The second kappa shape index (κ2) is 9.11. The molecule has 1 aromatic heterocycles. The van der Waals surface area contributed by atoms with Crippen molar-refractivity contribution in [3.63, 3.8) is 0 Å². The maximum atomic E-state index is 11.5. The highest BCUT2D eigenvalue weighted by atomic mass is 35.5. The Morgan fingerprint density at radius 1 is 1.17 bits per heavy atom. The molecule has 0 spiro atoms. The van der Waals surface area contributed by atoms with Crippen molar-refractivity contribution in [2.45, 2.75) is 32.9 Å². The van der Waals surface area contributed by atoms with Gasteiger partial charge in [0.15, 0.2) is 0 Å². The van der Waals surface area contributed by atoms with Gasteiger partial charge in [0, 0.05) is 10.6 Å². The fraction of sp³-hybridized carbons (Fsp3) is 0.273. The minimum atomic E-state index is -1.02. The van der Waals surface area contributed by atoms with E-state index < -0.39 is 12.1 Å². The molecule has 0 bridgehead atoms. The van der Waals surface area contributed by atoms with Crippen LogP contribution < -0.4 is 4.74 Å². The maximum Gasteiger partial charge on any atom is 0.335 e. The second-order valence-corrected chi connectivity index (χ2v) is 7.05. The Morgan fingerprint density at radius 3 is 2.52 bits per heavy atom. The Morgan fingerprint density at radius 2 is 1.90 bits per heavy atom. The van der Waals surface area contributed by atoms with Crippen molar-refractivity contribution < 1.29 is 19.7 Å². The zero-order chi connectivity index (χ0) is 21.0. The van der Waals surface area contributed by atoms with Gasteiger partial charge in [0.25, 0.3) is 0 Å². The number of aliphatic hydroxyl groups is 1. The molecule has 0 aliphatic rings. The quantitative estimate of drug-likeness (QED) is 0.556. The normalized spacial score (nSPS) is 12.0. The van der Waals surface area contributed by atoms with Crippen molar-refractivity contribution >= 4 is 17.6 Å². The minimum Gasteiger partial charge on any atom is -0.493 e. The summed E-state index contributed by atoms with van der Waals surface area (Å²) in [7, 11) is 0. The van der Waals surface area contributed by atoms with Gasteiger partial charge >= 0.3 is 5.97 Å². The molecule has 1 atom stereocenters. The van der Waals surface area contributed by atoms with Crippen LogP contribution in [0.3, 0.4) is 0 Å². The highest BCUT2D eigenvalue weighted by Gasteiger charge is 2.18. The van der Waals surface area contributed by atoms with Crippen LogP contribution in [0.4, 0.5) is 0 Å².